The minimum Gasteiger partial charge on any atom is -0.302 e. The molecule has 0 saturated heterocycles. The van der Waals surface area contributed by atoms with Gasteiger partial charge in [-0.2, -0.15) is 0 Å². The van der Waals surface area contributed by atoms with E-state index in [-0.39, 0.29) is 0 Å². The van der Waals surface area contributed by atoms with E-state index in [1.165, 1.54) is 5.56 Å². The van der Waals surface area contributed by atoms with E-state index in [2.05, 4.69) is 61.0 Å². The molecule has 0 spiro atoms. The van der Waals surface area contributed by atoms with Crippen LogP contribution in [0.4, 0.5) is 0 Å². The second-order valence-corrected chi connectivity index (χ2v) is 4.19. The van der Waals surface area contributed by atoms with Crippen LogP contribution in [0.25, 0.3) is 0 Å². The van der Waals surface area contributed by atoms with Crippen molar-refractivity contribution >= 4 is 0 Å². The van der Waals surface area contributed by atoms with Crippen LogP contribution in [0, 0.1) is 0 Å². The van der Waals surface area contributed by atoms with Crippen molar-refractivity contribution in [2.45, 2.75) is 19.8 Å². The Labute approximate surface area is 99.1 Å². The summed E-state index contributed by atoms with van der Waals surface area (Å²) in [5, 5.41) is 0. The third-order valence-electron chi connectivity index (χ3n) is 2.64. The first kappa shape index (κ1) is 12.8. The molecule has 0 aliphatic carbocycles. The Morgan fingerprint density at radius 3 is 2.62 bits per heavy atom. The number of likely N-dealkylation sites (N-methyl/N-ethyl adjacent to an activating group) is 1. The minimum atomic E-state index is 0.574. The van der Waals surface area contributed by atoms with Gasteiger partial charge < -0.3 is 4.90 Å². The van der Waals surface area contributed by atoms with E-state index in [1.54, 1.807) is 0 Å². The van der Waals surface area contributed by atoms with Crippen molar-refractivity contribution in [2.24, 2.45) is 0 Å². The molecule has 0 unspecified atom stereocenters. The predicted octanol–water partition coefficient (Wildman–Crippen LogP) is 3.45. The van der Waals surface area contributed by atoms with Crippen LogP contribution in [0.2, 0.25) is 0 Å². The third-order valence-corrected chi connectivity index (χ3v) is 2.64. The molecule has 16 heavy (non-hydrogen) atoms. The lowest BCUT2D eigenvalue weighted by atomic mass is 10.0. The predicted molar refractivity (Wildman–Crippen MR) is 70.7 cm³/mol. The van der Waals surface area contributed by atoms with Gasteiger partial charge in [0, 0.05) is 13.1 Å². The van der Waals surface area contributed by atoms with Gasteiger partial charge in [-0.25, -0.2) is 0 Å². The molecular weight excluding hydrogens is 194 g/mol. The first-order valence-corrected chi connectivity index (χ1v) is 5.83. The summed E-state index contributed by atoms with van der Waals surface area (Å²) >= 11 is 0. The fourth-order valence-corrected chi connectivity index (χ4v) is 1.76. The number of nitrogens with zero attached hydrogens (tertiary/aromatic N) is 1. The summed E-state index contributed by atoms with van der Waals surface area (Å²) in [5.74, 6) is 0.574. The monoisotopic (exact) mass is 215 g/mol. The maximum absolute atomic E-state index is 3.10. The van der Waals surface area contributed by atoms with Gasteiger partial charge in [-0.05, 0) is 37.6 Å². The molecule has 0 bridgehead atoms. The molecule has 1 heteroatoms. The summed E-state index contributed by atoms with van der Waals surface area (Å²) in [6, 6.07) is 10.7. The lowest BCUT2D eigenvalue weighted by Gasteiger charge is -2.19. The average Bonchev–Trinajstić information content (AvgIpc) is 2.30. The maximum atomic E-state index is 3.10. The Morgan fingerprint density at radius 2 is 2.00 bits per heavy atom. The molecule has 1 aromatic carbocycles. The molecule has 0 amide bonds. The number of hydrogen-bond donors (Lipinski definition) is 0. The smallest absolute Gasteiger partial charge is 0.0235 e. The van der Waals surface area contributed by atoms with Gasteiger partial charge in [-0.3, -0.25) is 0 Å². The lowest BCUT2D eigenvalue weighted by molar-refractivity contribution is 0.349. The zero-order chi connectivity index (χ0) is 11.8. The molecule has 0 fully saturated rings. The van der Waals surface area contributed by atoms with Gasteiger partial charge in [-0.1, -0.05) is 37.3 Å². The summed E-state index contributed by atoms with van der Waals surface area (Å²) < 4.78 is 0. The molecule has 0 aliphatic rings. The fourth-order valence-electron chi connectivity index (χ4n) is 1.76. The van der Waals surface area contributed by atoms with Crippen molar-refractivity contribution in [3.63, 3.8) is 0 Å². The fraction of sp³-hybridized carbons (Fsp3) is 0.400. The summed E-state index contributed by atoms with van der Waals surface area (Å²) in [6.07, 6.45) is 4.01. The molecular formula is C15H21N. The Morgan fingerprint density at radius 1 is 1.31 bits per heavy atom. The van der Waals surface area contributed by atoms with Crippen LogP contribution in [-0.2, 0) is 0 Å². The van der Waals surface area contributed by atoms with Crippen molar-refractivity contribution in [1.29, 1.82) is 0 Å². The molecule has 0 saturated carbocycles. The van der Waals surface area contributed by atoms with Crippen molar-refractivity contribution < 1.29 is 0 Å². The van der Waals surface area contributed by atoms with Crippen molar-refractivity contribution in [3.05, 3.63) is 53.8 Å². The van der Waals surface area contributed by atoms with E-state index in [4.69, 9.17) is 0 Å². The summed E-state index contributed by atoms with van der Waals surface area (Å²) in [6.45, 7) is 6.29. The molecule has 1 nitrogen and oxygen atoms in total. The molecule has 0 heterocycles. The van der Waals surface area contributed by atoms with Gasteiger partial charge in [-0.15, -0.1) is 5.73 Å². The van der Waals surface area contributed by atoms with E-state index >= 15 is 0 Å². The van der Waals surface area contributed by atoms with Crippen LogP contribution in [-0.4, -0.2) is 25.0 Å². The standard InChI is InChI=1S/C15H21N/c1-4-5-9-12-16(3)13-14(2)15-10-7-6-8-11-15/h4,6-11,14H,12-13H2,1-3H3/t5?,14-/m1/s1. The van der Waals surface area contributed by atoms with Gasteiger partial charge in [0.25, 0.3) is 0 Å². The van der Waals surface area contributed by atoms with Crippen molar-refractivity contribution in [1.82, 2.24) is 4.90 Å². The summed E-state index contributed by atoms with van der Waals surface area (Å²) in [5.41, 5.74) is 4.51. The molecule has 1 rings (SSSR count). The Kier molecular flexibility index (Phi) is 5.63. The van der Waals surface area contributed by atoms with Crippen LogP contribution < -0.4 is 0 Å². The number of rotatable bonds is 5. The highest BCUT2D eigenvalue weighted by molar-refractivity contribution is 5.19. The molecule has 0 radical (unpaired) electrons. The largest absolute Gasteiger partial charge is 0.302 e. The van der Waals surface area contributed by atoms with Gasteiger partial charge >= 0.3 is 0 Å². The Hall–Kier alpha value is -1.30. The van der Waals surface area contributed by atoms with Crippen LogP contribution in [0.5, 0.6) is 0 Å². The normalized spacial score (nSPS) is 12.0. The molecule has 1 aromatic rings. The van der Waals surface area contributed by atoms with Gasteiger partial charge in [0.1, 0.15) is 0 Å². The highest BCUT2D eigenvalue weighted by Gasteiger charge is 2.06. The van der Waals surface area contributed by atoms with E-state index in [9.17, 15) is 0 Å². The molecule has 0 aliphatic heterocycles. The van der Waals surface area contributed by atoms with Crippen LogP contribution in [0.15, 0.2) is 48.2 Å². The van der Waals surface area contributed by atoms with E-state index in [0.717, 1.165) is 13.1 Å². The molecule has 1 atom stereocenters. The molecule has 86 valence electrons. The SMILES string of the molecule is CC=C=CCN(C)C[C@@H](C)c1ccccc1. The first-order chi connectivity index (χ1) is 7.74. The lowest BCUT2D eigenvalue weighted by Crippen LogP contribution is -2.23. The van der Waals surface area contributed by atoms with E-state index in [1.807, 2.05) is 13.0 Å². The second-order valence-electron chi connectivity index (χ2n) is 4.19. The van der Waals surface area contributed by atoms with Crippen molar-refractivity contribution in [3.8, 4) is 0 Å². The topological polar surface area (TPSA) is 3.24 Å². The second kappa shape index (κ2) is 7.05. The van der Waals surface area contributed by atoms with Crippen LogP contribution in [0.1, 0.15) is 25.3 Å². The summed E-state index contributed by atoms with van der Waals surface area (Å²) in [7, 11) is 2.15. The first-order valence-electron chi connectivity index (χ1n) is 5.83. The Bertz CT molecular complexity index is 347. The van der Waals surface area contributed by atoms with Gasteiger partial charge in [0.15, 0.2) is 0 Å². The van der Waals surface area contributed by atoms with E-state index < -0.39 is 0 Å². The highest BCUT2D eigenvalue weighted by atomic mass is 15.1. The number of hydrogen-bond acceptors (Lipinski definition) is 1. The van der Waals surface area contributed by atoms with Crippen LogP contribution >= 0.6 is 0 Å². The quantitative estimate of drug-likeness (QED) is 0.680. The molecule has 0 aromatic heterocycles. The number of benzene rings is 1. The van der Waals surface area contributed by atoms with Gasteiger partial charge in [0.05, 0.1) is 0 Å². The minimum absolute atomic E-state index is 0.574. The average molecular weight is 215 g/mol. The third kappa shape index (κ3) is 4.48. The summed E-state index contributed by atoms with van der Waals surface area (Å²) in [4.78, 5) is 2.31. The zero-order valence-corrected chi connectivity index (χ0v) is 10.5. The van der Waals surface area contributed by atoms with Crippen molar-refractivity contribution in [2.75, 3.05) is 20.1 Å². The molecule has 0 N–H and O–H groups in total. The van der Waals surface area contributed by atoms with E-state index in [0.29, 0.717) is 5.92 Å². The van der Waals surface area contributed by atoms with Gasteiger partial charge in [0.2, 0.25) is 0 Å². The Balaban J connectivity index is 2.45. The van der Waals surface area contributed by atoms with Crippen LogP contribution in [0.3, 0.4) is 0 Å². The highest BCUT2D eigenvalue weighted by Crippen LogP contribution is 2.15. The zero-order valence-electron chi connectivity index (χ0n) is 10.5. The maximum Gasteiger partial charge on any atom is 0.0235 e.